The Morgan fingerprint density at radius 2 is 1.83 bits per heavy atom. The summed E-state index contributed by atoms with van der Waals surface area (Å²) in [4.78, 5) is 11.6. The number of hydrogen-bond donors (Lipinski definition) is 1. The average Bonchev–Trinajstić information content (AvgIpc) is 2.27. The maximum atomic E-state index is 11.2. The summed E-state index contributed by atoms with van der Waals surface area (Å²) in [5.41, 5.74) is 0. The summed E-state index contributed by atoms with van der Waals surface area (Å²) in [6.45, 7) is 0. The molecule has 0 aromatic heterocycles. The lowest BCUT2D eigenvalue weighted by Gasteiger charge is -2.02. The molecule has 1 rings (SSSR count). The van der Waals surface area contributed by atoms with E-state index in [0.717, 1.165) is 17.1 Å². The minimum atomic E-state index is -3.13. The first kappa shape index (κ1) is 15.0. The van der Waals surface area contributed by atoms with Gasteiger partial charge in [-0.2, -0.15) is 0 Å². The molecule has 18 heavy (non-hydrogen) atoms. The van der Waals surface area contributed by atoms with E-state index in [1.165, 1.54) is 6.26 Å². The standard InChI is InChI=1S/C12H16O4S2/c1-18(15,16)11-7-5-10(6-8-11)17-9-3-2-4-12(13)14/h5-8H,2-4,9H2,1H3,(H,13,14). The Balaban J connectivity index is 2.38. The second kappa shape index (κ2) is 6.80. The van der Waals surface area contributed by atoms with E-state index >= 15 is 0 Å². The predicted molar refractivity (Wildman–Crippen MR) is 71.8 cm³/mol. The lowest BCUT2D eigenvalue weighted by molar-refractivity contribution is -0.137. The van der Waals surface area contributed by atoms with Crippen molar-refractivity contribution >= 4 is 27.6 Å². The fourth-order valence-electron chi connectivity index (χ4n) is 1.35. The molecule has 0 heterocycles. The quantitative estimate of drug-likeness (QED) is 0.616. The van der Waals surface area contributed by atoms with E-state index in [9.17, 15) is 13.2 Å². The van der Waals surface area contributed by atoms with Crippen LogP contribution in [-0.4, -0.2) is 31.5 Å². The first-order valence-corrected chi connectivity index (χ1v) is 8.42. The lowest BCUT2D eigenvalue weighted by Crippen LogP contribution is -1.96. The molecule has 0 atom stereocenters. The van der Waals surface area contributed by atoms with Crippen molar-refractivity contribution in [2.24, 2.45) is 0 Å². The largest absolute Gasteiger partial charge is 0.481 e. The van der Waals surface area contributed by atoms with Crippen LogP contribution < -0.4 is 0 Å². The molecule has 0 radical (unpaired) electrons. The number of sulfone groups is 1. The van der Waals surface area contributed by atoms with E-state index in [-0.39, 0.29) is 6.42 Å². The van der Waals surface area contributed by atoms with Gasteiger partial charge in [-0.25, -0.2) is 8.42 Å². The van der Waals surface area contributed by atoms with Gasteiger partial charge in [0.1, 0.15) is 0 Å². The third-order valence-electron chi connectivity index (χ3n) is 2.31. The average molecular weight is 288 g/mol. The van der Waals surface area contributed by atoms with Crippen LogP contribution in [0.1, 0.15) is 19.3 Å². The zero-order chi connectivity index (χ0) is 13.6. The van der Waals surface area contributed by atoms with Crippen molar-refractivity contribution in [2.45, 2.75) is 29.1 Å². The minimum Gasteiger partial charge on any atom is -0.481 e. The third-order valence-corrected chi connectivity index (χ3v) is 4.53. The number of unbranched alkanes of at least 4 members (excludes halogenated alkanes) is 1. The molecule has 0 bridgehead atoms. The SMILES string of the molecule is CS(=O)(=O)c1ccc(SCCCCC(=O)O)cc1. The van der Waals surface area contributed by atoms with Crippen molar-refractivity contribution < 1.29 is 18.3 Å². The van der Waals surface area contributed by atoms with Gasteiger partial charge in [-0.1, -0.05) is 0 Å². The highest BCUT2D eigenvalue weighted by atomic mass is 32.2. The van der Waals surface area contributed by atoms with Crippen LogP contribution in [0.3, 0.4) is 0 Å². The van der Waals surface area contributed by atoms with Gasteiger partial charge in [-0.15, -0.1) is 11.8 Å². The highest BCUT2D eigenvalue weighted by molar-refractivity contribution is 7.99. The minimum absolute atomic E-state index is 0.202. The third kappa shape index (κ3) is 5.55. The maximum absolute atomic E-state index is 11.2. The van der Waals surface area contributed by atoms with Gasteiger partial charge < -0.3 is 5.11 Å². The van der Waals surface area contributed by atoms with E-state index in [1.54, 1.807) is 36.0 Å². The Labute approximate surface area is 111 Å². The van der Waals surface area contributed by atoms with Crippen LogP contribution in [0.5, 0.6) is 0 Å². The number of rotatable bonds is 7. The van der Waals surface area contributed by atoms with Crippen LogP contribution in [0, 0.1) is 0 Å². The number of carboxylic acids is 1. The molecule has 0 aliphatic rings. The summed E-state index contributed by atoms with van der Waals surface area (Å²) in [7, 11) is -3.13. The molecule has 0 amide bonds. The van der Waals surface area contributed by atoms with Crippen LogP contribution in [0.2, 0.25) is 0 Å². The molecule has 100 valence electrons. The normalized spacial score (nSPS) is 11.4. The van der Waals surface area contributed by atoms with Gasteiger partial charge in [0.15, 0.2) is 9.84 Å². The summed E-state index contributed by atoms with van der Waals surface area (Å²) in [6, 6.07) is 6.74. The second-order valence-corrected chi connectivity index (χ2v) is 7.13. The van der Waals surface area contributed by atoms with Crippen molar-refractivity contribution in [3.05, 3.63) is 24.3 Å². The van der Waals surface area contributed by atoms with Crippen LogP contribution in [0.4, 0.5) is 0 Å². The predicted octanol–water partition coefficient (Wildman–Crippen LogP) is 2.44. The molecule has 0 unspecified atom stereocenters. The number of hydrogen-bond acceptors (Lipinski definition) is 4. The summed E-state index contributed by atoms with van der Waals surface area (Å²) in [5, 5.41) is 8.47. The van der Waals surface area contributed by atoms with Gasteiger partial charge in [0.05, 0.1) is 4.90 Å². The van der Waals surface area contributed by atoms with Crippen LogP contribution in [-0.2, 0) is 14.6 Å². The van der Waals surface area contributed by atoms with Gasteiger partial charge in [-0.05, 0) is 42.9 Å². The molecule has 1 N–H and O–H groups in total. The molecule has 1 aromatic carbocycles. The van der Waals surface area contributed by atoms with E-state index in [1.807, 2.05) is 0 Å². The van der Waals surface area contributed by atoms with E-state index in [2.05, 4.69) is 0 Å². The number of carboxylic acid groups (broad SMARTS) is 1. The number of aliphatic carboxylic acids is 1. The van der Waals surface area contributed by atoms with Crippen molar-refractivity contribution in [3.8, 4) is 0 Å². The smallest absolute Gasteiger partial charge is 0.303 e. The molecule has 0 spiro atoms. The van der Waals surface area contributed by atoms with Crippen LogP contribution in [0.15, 0.2) is 34.1 Å². The fourth-order valence-corrected chi connectivity index (χ4v) is 2.89. The highest BCUT2D eigenvalue weighted by Crippen LogP contribution is 2.21. The molecule has 0 aliphatic carbocycles. The van der Waals surface area contributed by atoms with Gasteiger partial charge in [0.2, 0.25) is 0 Å². The number of carbonyl (C=O) groups is 1. The summed E-state index contributed by atoms with van der Waals surface area (Å²) in [6.07, 6.45) is 2.89. The zero-order valence-electron chi connectivity index (χ0n) is 10.1. The second-order valence-electron chi connectivity index (χ2n) is 3.94. The fraction of sp³-hybridized carbons (Fsp3) is 0.417. The van der Waals surface area contributed by atoms with Gasteiger partial charge in [0, 0.05) is 17.6 Å². The van der Waals surface area contributed by atoms with Crippen molar-refractivity contribution in [3.63, 3.8) is 0 Å². The van der Waals surface area contributed by atoms with Crippen molar-refractivity contribution in [1.29, 1.82) is 0 Å². The molecule has 1 aromatic rings. The zero-order valence-corrected chi connectivity index (χ0v) is 11.8. The Hall–Kier alpha value is -1.01. The summed E-state index contributed by atoms with van der Waals surface area (Å²) >= 11 is 1.60. The Morgan fingerprint density at radius 3 is 2.33 bits per heavy atom. The van der Waals surface area contributed by atoms with Gasteiger partial charge in [-0.3, -0.25) is 4.79 Å². The molecule has 0 aliphatic heterocycles. The number of benzene rings is 1. The van der Waals surface area contributed by atoms with E-state index < -0.39 is 15.8 Å². The van der Waals surface area contributed by atoms with E-state index in [0.29, 0.717) is 11.3 Å². The monoisotopic (exact) mass is 288 g/mol. The first-order valence-electron chi connectivity index (χ1n) is 5.54. The lowest BCUT2D eigenvalue weighted by atomic mass is 10.2. The van der Waals surface area contributed by atoms with Crippen LogP contribution >= 0.6 is 11.8 Å². The summed E-state index contributed by atoms with van der Waals surface area (Å²) < 4.78 is 22.5. The molecule has 0 saturated heterocycles. The van der Waals surface area contributed by atoms with Crippen molar-refractivity contribution in [1.82, 2.24) is 0 Å². The molecule has 4 nitrogen and oxygen atoms in total. The summed E-state index contributed by atoms with van der Waals surface area (Å²) in [5.74, 6) is 0.0726. The Morgan fingerprint density at radius 1 is 1.22 bits per heavy atom. The van der Waals surface area contributed by atoms with E-state index in [4.69, 9.17) is 5.11 Å². The Bertz CT molecular complexity index is 491. The molecular weight excluding hydrogens is 272 g/mol. The van der Waals surface area contributed by atoms with Gasteiger partial charge >= 0.3 is 5.97 Å². The maximum Gasteiger partial charge on any atom is 0.303 e. The topological polar surface area (TPSA) is 71.4 Å². The van der Waals surface area contributed by atoms with Gasteiger partial charge in [0.25, 0.3) is 0 Å². The first-order chi connectivity index (χ1) is 8.39. The molecular formula is C12H16O4S2. The number of thioether (sulfide) groups is 1. The Kier molecular flexibility index (Phi) is 5.68. The highest BCUT2D eigenvalue weighted by Gasteiger charge is 2.06. The molecule has 0 fully saturated rings. The van der Waals surface area contributed by atoms with Crippen molar-refractivity contribution in [2.75, 3.05) is 12.0 Å². The molecule has 0 saturated carbocycles. The molecule has 6 heteroatoms. The van der Waals surface area contributed by atoms with Crippen LogP contribution in [0.25, 0.3) is 0 Å².